The fourth-order valence-corrected chi connectivity index (χ4v) is 5.32. The first-order valence-electron chi connectivity index (χ1n) is 12.3. The van der Waals surface area contributed by atoms with E-state index in [9.17, 15) is 4.79 Å². The fraction of sp³-hybridized carbons (Fsp3) is 0.720. The van der Waals surface area contributed by atoms with Crippen LogP contribution in [0.4, 0.5) is 5.69 Å². The maximum atomic E-state index is 12.6. The van der Waals surface area contributed by atoms with Crippen LogP contribution in [0.15, 0.2) is 24.3 Å². The molecule has 4 rings (SSSR count). The van der Waals surface area contributed by atoms with Crippen LogP contribution in [-0.2, 0) is 16.1 Å². The van der Waals surface area contributed by atoms with Gasteiger partial charge in [0, 0.05) is 44.5 Å². The number of amides is 1. The lowest BCUT2D eigenvalue weighted by molar-refractivity contribution is -0.117. The lowest BCUT2D eigenvalue weighted by Gasteiger charge is -2.39. The van der Waals surface area contributed by atoms with Crippen molar-refractivity contribution in [1.82, 2.24) is 14.7 Å². The van der Waals surface area contributed by atoms with Crippen LogP contribution in [0.25, 0.3) is 0 Å². The minimum Gasteiger partial charge on any atom is -0.379 e. The molecular weight excluding hydrogens is 388 g/mol. The van der Waals surface area contributed by atoms with Crippen molar-refractivity contribution in [3.8, 4) is 0 Å². The summed E-state index contributed by atoms with van der Waals surface area (Å²) in [5.41, 5.74) is 2.18. The van der Waals surface area contributed by atoms with Crippen molar-refractivity contribution in [3.05, 3.63) is 29.8 Å². The molecule has 0 aromatic heterocycles. The maximum absolute atomic E-state index is 12.6. The van der Waals surface area contributed by atoms with E-state index in [1.807, 2.05) is 12.1 Å². The van der Waals surface area contributed by atoms with E-state index in [4.69, 9.17) is 4.74 Å². The van der Waals surface area contributed by atoms with Crippen molar-refractivity contribution in [2.75, 3.05) is 64.3 Å². The fourth-order valence-electron chi connectivity index (χ4n) is 5.32. The van der Waals surface area contributed by atoms with Crippen molar-refractivity contribution in [1.29, 1.82) is 0 Å². The van der Waals surface area contributed by atoms with E-state index >= 15 is 0 Å². The third-order valence-corrected chi connectivity index (χ3v) is 7.15. The molecule has 3 heterocycles. The van der Waals surface area contributed by atoms with E-state index in [1.54, 1.807) is 0 Å². The van der Waals surface area contributed by atoms with Gasteiger partial charge in [0.1, 0.15) is 0 Å². The second kappa shape index (κ2) is 11.4. The SMILES string of the molecule is CC1CCCCN1CC1CCCN(CC(=O)Nc2ccc(CN3CCOCC3)cc2)C1. The Balaban J connectivity index is 1.20. The van der Waals surface area contributed by atoms with Gasteiger partial charge in [-0.05, 0) is 69.3 Å². The Bertz CT molecular complexity index is 689. The molecule has 1 aromatic carbocycles. The number of anilines is 1. The summed E-state index contributed by atoms with van der Waals surface area (Å²) in [4.78, 5) is 20.1. The minimum atomic E-state index is 0.105. The number of benzene rings is 1. The largest absolute Gasteiger partial charge is 0.379 e. The quantitative estimate of drug-likeness (QED) is 0.723. The molecule has 3 fully saturated rings. The minimum absolute atomic E-state index is 0.105. The van der Waals surface area contributed by atoms with Gasteiger partial charge in [0.2, 0.25) is 5.91 Å². The molecule has 0 radical (unpaired) electrons. The number of nitrogens with zero attached hydrogens (tertiary/aromatic N) is 3. The van der Waals surface area contributed by atoms with Crippen molar-refractivity contribution < 1.29 is 9.53 Å². The van der Waals surface area contributed by atoms with E-state index in [0.717, 1.165) is 57.7 Å². The van der Waals surface area contributed by atoms with Gasteiger partial charge in [-0.2, -0.15) is 0 Å². The Labute approximate surface area is 187 Å². The average molecular weight is 429 g/mol. The number of hydrogen-bond acceptors (Lipinski definition) is 5. The zero-order valence-corrected chi connectivity index (χ0v) is 19.2. The number of morpholine rings is 1. The van der Waals surface area contributed by atoms with Crippen molar-refractivity contribution >= 4 is 11.6 Å². The number of carbonyl (C=O) groups excluding carboxylic acids is 1. The van der Waals surface area contributed by atoms with Crippen LogP contribution >= 0.6 is 0 Å². The summed E-state index contributed by atoms with van der Waals surface area (Å²) in [5.74, 6) is 0.800. The molecule has 0 aliphatic carbocycles. The van der Waals surface area contributed by atoms with Gasteiger partial charge in [0.25, 0.3) is 0 Å². The summed E-state index contributed by atoms with van der Waals surface area (Å²) in [6.07, 6.45) is 6.56. The third-order valence-electron chi connectivity index (χ3n) is 7.15. The van der Waals surface area contributed by atoms with E-state index in [2.05, 4.69) is 39.1 Å². The van der Waals surface area contributed by atoms with Crippen LogP contribution in [0.3, 0.4) is 0 Å². The molecule has 1 amide bonds. The molecule has 0 bridgehead atoms. The molecule has 3 aliphatic rings. The van der Waals surface area contributed by atoms with Gasteiger partial charge in [0.15, 0.2) is 0 Å². The Kier molecular flexibility index (Phi) is 8.36. The summed E-state index contributed by atoms with van der Waals surface area (Å²) in [5, 5.41) is 3.10. The molecular formula is C25H40N4O2. The number of nitrogens with one attached hydrogen (secondary N) is 1. The number of carbonyl (C=O) groups is 1. The number of likely N-dealkylation sites (tertiary alicyclic amines) is 2. The lowest BCUT2D eigenvalue weighted by Crippen LogP contribution is -2.46. The molecule has 3 saturated heterocycles. The van der Waals surface area contributed by atoms with Crippen molar-refractivity contribution in [2.45, 2.75) is 51.6 Å². The van der Waals surface area contributed by atoms with E-state index < -0.39 is 0 Å². The standard InChI is InChI=1S/C25H40N4O2/c1-21-5-2-3-12-29(21)19-23-6-4-11-28(18-23)20-25(30)26-24-9-7-22(8-10-24)17-27-13-15-31-16-14-27/h7-10,21,23H,2-6,11-20H2,1H3,(H,26,30). The number of ether oxygens (including phenoxy) is 1. The van der Waals surface area contributed by atoms with Crippen LogP contribution < -0.4 is 5.32 Å². The summed E-state index contributed by atoms with van der Waals surface area (Å²) < 4.78 is 5.42. The first-order valence-corrected chi connectivity index (χ1v) is 12.3. The van der Waals surface area contributed by atoms with E-state index in [0.29, 0.717) is 12.5 Å². The molecule has 31 heavy (non-hydrogen) atoms. The van der Waals surface area contributed by atoms with Crippen LogP contribution in [0, 0.1) is 5.92 Å². The van der Waals surface area contributed by atoms with Crippen molar-refractivity contribution in [2.24, 2.45) is 5.92 Å². The number of piperidine rings is 2. The maximum Gasteiger partial charge on any atom is 0.238 e. The number of hydrogen-bond donors (Lipinski definition) is 1. The average Bonchev–Trinajstić information content (AvgIpc) is 2.78. The first-order chi connectivity index (χ1) is 15.2. The summed E-state index contributed by atoms with van der Waals surface area (Å²) >= 11 is 0. The lowest BCUT2D eigenvalue weighted by atomic mass is 9.95. The van der Waals surface area contributed by atoms with Gasteiger partial charge in [-0.1, -0.05) is 18.6 Å². The second-order valence-electron chi connectivity index (χ2n) is 9.72. The Morgan fingerprint density at radius 3 is 2.58 bits per heavy atom. The zero-order chi connectivity index (χ0) is 21.5. The van der Waals surface area contributed by atoms with E-state index in [-0.39, 0.29) is 5.91 Å². The zero-order valence-electron chi connectivity index (χ0n) is 19.2. The highest BCUT2D eigenvalue weighted by atomic mass is 16.5. The van der Waals surface area contributed by atoms with Gasteiger partial charge < -0.3 is 15.0 Å². The second-order valence-corrected chi connectivity index (χ2v) is 9.72. The van der Waals surface area contributed by atoms with Crippen molar-refractivity contribution in [3.63, 3.8) is 0 Å². The Morgan fingerprint density at radius 2 is 1.81 bits per heavy atom. The molecule has 1 N–H and O–H groups in total. The van der Waals surface area contributed by atoms with Gasteiger partial charge in [0.05, 0.1) is 19.8 Å². The van der Waals surface area contributed by atoms with Gasteiger partial charge in [-0.15, -0.1) is 0 Å². The summed E-state index contributed by atoms with van der Waals surface area (Å²) in [6.45, 7) is 12.0. The normalized spacial score (nSPS) is 26.6. The molecule has 172 valence electrons. The highest BCUT2D eigenvalue weighted by Crippen LogP contribution is 2.23. The molecule has 2 unspecified atom stereocenters. The van der Waals surface area contributed by atoms with Crippen LogP contribution in [0.1, 0.15) is 44.6 Å². The molecule has 6 heteroatoms. The topological polar surface area (TPSA) is 48.0 Å². The highest BCUT2D eigenvalue weighted by molar-refractivity contribution is 5.92. The van der Waals surface area contributed by atoms with Gasteiger partial charge in [-0.25, -0.2) is 0 Å². The smallest absolute Gasteiger partial charge is 0.238 e. The van der Waals surface area contributed by atoms with Crippen LogP contribution in [0.2, 0.25) is 0 Å². The van der Waals surface area contributed by atoms with Gasteiger partial charge >= 0.3 is 0 Å². The van der Waals surface area contributed by atoms with Gasteiger partial charge in [-0.3, -0.25) is 14.6 Å². The highest BCUT2D eigenvalue weighted by Gasteiger charge is 2.26. The summed E-state index contributed by atoms with van der Waals surface area (Å²) in [7, 11) is 0. The van der Waals surface area contributed by atoms with E-state index in [1.165, 1.54) is 50.8 Å². The predicted molar refractivity (Wildman–Crippen MR) is 125 cm³/mol. The third kappa shape index (κ3) is 7.01. The monoisotopic (exact) mass is 428 g/mol. The number of rotatable bonds is 7. The molecule has 1 aromatic rings. The first kappa shape index (κ1) is 22.7. The molecule has 0 saturated carbocycles. The predicted octanol–water partition coefficient (Wildman–Crippen LogP) is 3.04. The molecule has 3 aliphatic heterocycles. The molecule has 6 nitrogen and oxygen atoms in total. The Morgan fingerprint density at radius 1 is 1.00 bits per heavy atom. The van der Waals surface area contributed by atoms with Crippen LogP contribution in [-0.4, -0.2) is 85.7 Å². The molecule has 0 spiro atoms. The molecule has 2 atom stereocenters. The summed E-state index contributed by atoms with van der Waals surface area (Å²) in [6, 6.07) is 9.04. The van der Waals surface area contributed by atoms with Crippen LogP contribution in [0.5, 0.6) is 0 Å². The Hall–Kier alpha value is -1.47.